The lowest BCUT2D eigenvalue weighted by molar-refractivity contribution is -0.122. The van der Waals surface area contributed by atoms with Crippen molar-refractivity contribution < 1.29 is 9.90 Å². The molecule has 5 nitrogen and oxygen atoms in total. The van der Waals surface area contributed by atoms with Crippen molar-refractivity contribution in [3.63, 3.8) is 0 Å². The van der Waals surface area contributed by atoms with Gasteiger partial charge in [-0.2, -0.15) is 0 Å². The van der Waals surface area contributed by atoms with Crippen LogP contribution in [-0.4, -0.2) is 23.5 Å². The molecule has 0 aromatic heterocycles. The Bertz CT molecular complexity index is 158. The zero-order valence-corrected chi connectivity index (χ0v) is 11.4. The number of rotatable bonds is 6. The molecule has 0 bridgehead atoms. The first-order chi connectivity index (χ1) is 7.92. The van der Waals surface area contributed by atoms with Gasteiger partial charge < -0.3 is 16.6 Å². The monoisotopic (exact) mass is 247 g/mol. The third-order valence-corrected chi connectivity index (χ3v) is 1.76. The Balaban J connectivity index is -0.000000232. The van der Waals surface area contributed by atoms with E-state index >= 15 is 0 Å². The third kappa shape index (κ3) is 71.2. The molecule has 17 heavy (non-hydrogen) atoms. The largest absolute Gasteiger partial charge is 0.483 e. The molecular formula is C12H29N3O2. The predicted octanol–water partition coefficient (Wildman–Crippen LogP) is 2.34. The Hall–Kier alpha value is -1.10. The molecule has 0 radical (unpaired) electrons. The van der Waals surface area contributed by atoms with Crippen LogP contribution in [0.2, 0.25) is 0 Å². The molecule has 0 saturated carbocycles. The van der Waals surface area contributed by atoms with E-state index < -0.39 is 0 Å². The van der Waals surface area contributed by atoms with E-state index in [1.54, 1.807) is 0 Å². The van der Waals surface area contributed by atoms with Gasteiger partial charge in [0.15, 0.2) is 0 Å². The molecule has 0 heterocycles. The number of nitrogens with one attached hydrogen (secondary N) is 1. The Morgan fingerprint density at radius 2 is 1.71 bits per heavy atom. The summed E-state index contributed by atoms with van der Waals surface area (Å²) in [6.07, 6.45) is 8.00. The molecule has 0 aromatic rings. The van der Waals surface area contributed by atoms with Gasteiger partial charge in [0.2, 0.25) is 0 Å². The summed E-state index contributed by atoms with van der Waals surface area (Å²) in [4.78, 5) is 8.36. The molecule has 104 valence electrons. The molecule has 5 heteroatoms. The SMILES string of the molecule is CC(=N)N.CCCCCCCC(C)N.O=CO. The highest BCUT2D eigenvalue weighted by Gasteiger charge is 1.92. The summed E-state index contributed by atoms with van der Waals surface area (Å²) < 4.78 is 0. The lowest BCUT2D eigenvalue weighted by atomic mass is 10.1. The van der Waals surface area contributed by atoms with Gasteiger partial charge in [-0.05, 0) is 20.3 Å². The van der Waals surface area contributed by atoms with Crippen LogP contribution in [0.25, 0.3) is 0 Å². The molecule has 0 aliphatic heterocycles. The molecule has 0 saturated heterocycles. The van der Waals surface area contributed by atoms with Crippen molar-refractivity contribution in [2.45, 2.75) is 65.3 Å². The van der Waals surface area contributed by atoms with Crippen molar-refractivity contribution >= 4 is 12.3 Å². The van der Waals surface area contributed by atoms with Crippen LogP contribution < -0.4 is 11.5 Å². The van der Waals surface area contributed by atoms with E-state index in [1.165, 1.54) is 45.4 Å². The van der Waals surface area contributed by atoms with E-state index in [0.717, 1.165) is 0 Å². The van der Waals surface area contributed by atoms with E-state index in [9.17, 15) is 0 Å². The second-order valence-corrected chi connectivity index (χ2v) is 3.97. The molecule has 1 atom stereocenters. The highest BCUT2D eigenvalue weighted by atomic mass is 16.3. The molecule has 0 rings (SSSR count). The normalized spacial score (nSPS) is 10.1. The first-order valence-corrected chi connectivity index (χ1v) is 6.06. The minimum absolute atomic E-state index is 0.167. The van der Waals surface area contributed by atoms with Gasteiger partial charge in [-0.1, -0.05) is 39.0 Å². The number of carboxylic acid groups (broad SMARTS) is 1. The van der Waals surface area contributed by atoms with Gasteiger partial charge in [0, 0.05) is 6.04 Å². The van der Waals surface area contributed by atoms with Crippen LogP contribution in [0.3, 0.4) is 0 Å². The lowest BCUT2D eigenvalue weighted by Crippen LogP contribution is -2.13. The number of unbranched alkanes of at least 4 members (excludes halogenated alkanes) is 4. The van der Waals surface area contributed by atoms with Crippen molar-refractivity contribution in [1.82, 2.24) is 0 Å². The fourth-order valence-electron chi connectivity index (χ4n) is 1.07. The second-order valence-electron chi connectivity index (χ2n) is 3.97. The summed E-state index contributed by atoms with van der Waals surface area (Å²) in [5, 5.41) is 13.2. The van der Waals surface area contributed by atoms with E-state index in [1.807, 2.05) is 0 Å². The molecule has 6 N–H and O–H groups in total. The molecule has 1 unspecified atom stereocenters. The standard InChI is InChI=1S/C9H21N.C2H6N2.CH2O2/c1-3-4-5-6-7-8-9(2)10;1-2(3)4;2-1-3/h9H,3-8,10H2,1-2H3;1H3,(H3,3,4);1H,(H,2,3). The quantitative estimate of drug-likeness (QED) is 0.250. The maximum absolute atomic E-state index is 8.36. The van der Waals surface area contributed by atoms with E-state index in [-0.39, 0.29) is 12.3 Å². The molecule has 0 aliphatic rings. The van der Waals surface area contributed by atoms with Crippen molar-refractivity contribution in [3.05, 3.63) is 0 Å². The summed E-state index contributed by atoms with van der Waals surface area (Å²) in [5.74, 6) is 0.167. The molecular weight excluding hydrogens is 218 g/mol. The molecule has 0 spiro atoms. The van der Waals surface area contributed by atoms with Crippen LogP contribution in [0, 0.1) is 5.41 Å². The van der Waals surface area contributed by atoms with Crippen molar-refractivity contribution in [1.29, 1.82) is 5.41 Å². The van der Waals surface area contributed by atoms with Gasteiger partial charge >= 0.3 is 0 Å². The van der Waals surface area contributed by atoms with Gasteiger partial charge in [-0.25, -0.2) is 0 Å². The molecule has 0 aliphatic carbocycles. The minimum Gasteiger partial charge on any atom is -0.483 e. The Morgan fingerprint density at radius 1 is 1.35 bits per heavy atom. The maximum atomic E-state index is 8.36. The average molecular weight is 247 g/mol. The first-order valence-electron chi connectivity index (χ1n) is 6.06. The molecule has 0 amide bonds. The Kier molecular flexibility index (Phi) is 25.4. The molecule has 0 aromatic carbocycles. The number of nitrogens with two attached hydrogens (primary N) is 2. The van der Waals surface area contributed by atoms with Crippen LogP contribution in [0.1, 0.15) is 59.3 Å². The number of carbonyl (C=O) groups is 1. The highest BCUT2D eigenvalue weighted by molar-refractivity contribution is 5.73. The summed E-state index contributed by atoms with van der Waals surface area (Å²) in [6, 6.07) is 0.404. The second kappa shape index (κ2) is 20.3. The average Bonchev–Trinajstić information content (AvgIpc) is 2.17. The van der Waals surface area contributed by atoms with Gasteiger partial charge in [-0.15, -0.1) is 0 Å². The number of amidine groups is 1. The topological polar surface area (TPSA) is 113 Å². The van der Waals surface area contributed by atoms with Crippen LogP contribution in [0.5, 0.6) is 0 Å². The summed E-state index contributed by atoms with van der Waals surface area (Å²) in [5.41, 5.74) is 10.3. The van der Waals surface area contributed by atoms with Crippen LogP contribution in [-0.2, 0) is 4.79 Å². The van der Waals surface area contributed by atoms with Crippen molar-refractivity contribution in [2.75, 3.05) is 0 Å². The predicted molar refractivity (Wildman–Crippen MR) is 73.3 cm³/mol. The zero-order valence-electron chi connectivity index (χ0n) is 11.4. The van der Waals surface area contributed by atoms with E-state index in [2.05, 4.69) is 13.8 Å². The summed E-state index contributed by atoms with van der Waals surface area (Å²) in [7, 11) is 0. The summed E-state index contributed by atoms with van der Waals surface area (Å²) in [6.45, 7) is 5.60. The highest BCUT2D eigenvalue weighted by Crippen LogP contribution is 2.05. The van der Waals surface area contributed by atoms with Crippen LogP contribution >= 0.6 is 0 Å². The van der Waals surface area contributed by atoms with Crippen molar-refractivity contribution in [3.8, 4) is 0 Å². The smallest absolute Gasteiger partial charge is 0.290 e. The third-order valence-electron chi connectivity index (χ3n) is 1.76. The fourth-order valence-corrected chi connectivity index (χ4v) is 1.07. The van der Waals surface area contributed by atoms with Gasteiger partial charge in [-0.3, -0.25) is 10.2 Å². The maximum Gasteiger partial charge on any atom is 0.290 e. The van der Waals surface area contributed by atoms with E-state index in [0.29, 0.717) is 6.04 Å². The van der Waals surface area contributed by atoms with Gasteiger partial charge in [0.05, 0.1) is 5.84 Å². The summed E-state index contributed by atoms with van der Waals surface area (Å²) >= 11 is 0. The minimum atomic E-state index is -0.250. The fraction of sp³-hybridized carbons (Fsp3) is 0.833. The lowest BCUT2D eigenvalue weighted by Gasteiger charge is -2.02. The number of hydrogen-bond donors (Lipinski definition) is 4. The molecule has 0 fully saturated rings. The number of hydrogen-bond acceptors (Lipinski definition) is 3. The van der Waals surface area contributed by atoms with Gasteiger partial charge in [0.25, 0.3) is 6.47 Å². The Labute approximate surface area is 105 Å². The zero-order chi connectivity index (χ0) is 14.1. The van der Waals surface area contributed by atoms with Crippen LogP contribution in [0.15, 0.2) is 0 Å². The first kappa shape index (κ1) is 21.2. The van der Waals surface area contributed by atoms with Crippen LogP contribution in [0.4, 0.5) is 0 Å². The van der Waals surface area contributed by atoms with E-state index in [4.69, 9.17) is 26.8 Å². The van der Waals surface area contributed by atoms with Crippen molar-refractivity contribution in [2.24, 2.45) is 11.5 Å². The Morgan fingerprint density at radius 3 is 2.00 bits per heavy atom. The van der Waals surface area contributed by atoms with Gasteiger partial charge in [0.1, 0.15) is 0 Å².